The van der Waals surface area contributed by atoms with Crippen molar-refractivity contribution < 1.29 is 9.69 Å². The Labute approximate surface area is 188 Å². The van der Waals surface area contributed by atoms with Gasteiger partial charge < -0.3 is 19.7 Å². The fraction of sp³-hybridized carbons (Fsp3) is 0.222. The van der Waals surface area contributed by atoms with E-state index in [9.17, 15) is 4.79 Å². The van der Waals surface area contributed by atoms with Crippen molar-refractivity contribution >= 4 is 28.2 Å². The number of amides is 1. The average Bonchev–Trinajstić information content (AvgIpc) is 3.18. The van der Waals surface area contributed by atoms with Gasteiger partial charge in [-0.3, -0.25) is 4.79 Å². The van der Waals surface area contributed by atoms with E-state index >= 15 is 0 Å². The number of fused-ring (bicyclic) bond motifs is 1. The summed E-state index contributed by atoms with van der Waals surface area (Å²) in [6.07, 6.45) is 1.89. The number of piperazine rings is 1. The first kappa shape index (κ1) is 20.3. The van der Waals surface area contributed by atoms with Crippen molar-refractivity contribution in [3.8, 4) is 0 Å². The van der Waals surface area contributed by atoms with Crippen LogP contribution >= 0.6 is 0 Å². The minimum atomic E-state index is -0.0762. The van der Waals surface area contributed by atoms with E-state index in [1.165, 1.54) is 11.3 Å². The molecule has 32 heavy (non-hydrogen) atoms. The average molecular weight is 426 g/mol. The molecule has 0 bridgehead atoms. The van der Waals surface area contributed by atoms with Crippen molar-refractivity contribution in [3.05, 3.63) is 96.2 Å². The van der Waals surface area contributed by atoms with Crippen LogP contribution in [0.1, 0.15) is 15.9 Å². The zero-order chi connectivity index (χ0) is 21.9. The maximum absolute atomic E-state index is 12.9. The summed E-state index contributed by atoms with van der Waals surface area (Å²) in [4.78, 5) is 16.9. The molecule has 5 heteroatoms. The highest BCUT2D eigenvalue weighted by Crippen LogP contribution is 2.23. The van der Waals surface area contributed by atoms with Crippen molar-refractivity contribution in [2.45, 2.75) is 6.54 Å². The van der Waals surface area contributed by atoms with Crippen LogP contribution in [0.15, 0.2) is 85.1 Å². The number of aromatic nitrogens is 1. The molecule has 0 atom stereocenters. The molecule has 2 N–H and O–H groups in total. The summed E-state index contributed by atoms with van der Waals surface area (Å²) >= 11 is 0. The second kappa shape index (κ2) is 8.89. The first-order valence-corrected chi connectivity index (χ1v) is 11.3. The number of nitrogens with zero attached hydrogens (tertiary/aromatic N) is 2. The molecule has 5 nitrogen and oxygen atoms in total. The molecule has 0 saturated carbocycles. The van der Waals surface area contributed by atoms with Crippen LogP contribution in [0.25, 0.3) is 10.9 Å². The Morgan fingerprint density at radius 3 is 2.34 bits per heavy atom. The molecule has 0 aliphatic carbocycles. The summed E-state index contributed by atoms with van der Waals surface area (Å²) in [6, 6.07) is 26.9. The van der Waals surface area contributed by atoms with Gasteiger partial charge in [0.05, 0.1) is 31.7 Å². The van der Waals surface area contributed by atoms with E-state index in [0.717, 1.165) is 49.3 Å². The summed E-state index contributed by atoms with van der Waals surface area (Å²) in [6.45, 7) is 5.45. The van der Waals surface area contributed by atoms with Crippen molar-refractivity contribution in [1.29, 1.82) is 0 Å². The molecule has 0 spiro atoms. The van der Waals surface area contributed by atoms with E-state index in [2.05, 4.69) is 52.7 Å². The highest BCUT2D eigenvalue weighted by atomic mass is 16.1. The van der Waals surface area contributed by atoms with Gasteiger partial charge in [-0.25, -0.2) is 0 Å². The van der Waals surface area contributed by atoms with Gasteiger partial charge in [0.25, 0.3) is 5.91 Å². The minimum Gasteiger partial charge on any atom is -0.360 e. The zero-order valence-corrected chi connectivity index (χ0v) is 18.4. The SMILES string of the molecule is Cn1cc(C(=O)Nc2ccc(N3CC[NH+](Cc4ccccc4)CC3)cc2)c2ccccc21. The molecule has 1 aliphatic heterocycles. The Morgan fingerprint density at radius 2 is 1.59 bits per heavy atom. The van der Waals surface area contributed by atoms with Gasteiger partial charge in [-0.15, -0.1) is 0 Å². The number of rotatable bonds is 5. The maximum atomic E-state index is 12.9. The molecule has 1 fully saturated rings. The summed E-state index contributed by atoms with van der Waals surface area (Å²) in [5.74, 6) is -0.0762. The third-order valence-corrected chi connectivity index (χ3v) is 6.40. The minimum absolute atomic E-state index is 0.0762. The smallest absolute Gasteiger partial charge is 0.257 e. The molecule has 1 aromatic heterocycles. The molecule has 0 radical (unpaired) electrons. The lowest BCUT2D eigenvalue weighted by atomic mass is 10.1. The largest absolute Gasteiger partial charge is 0.360 e. The Balaban J connectivity index is 1.20. The van der Waals surface area contributed by atoms with Gasteiger partial charge in [-0.1, -0.05) is 48.5 Å². The van der Waals surface area contributed by atoms with Gasteiger partial charge >= 0.3 is 0 Å². The Morgan fingerprint density at radius 1 is 0.906 bits per heavy atom. The number of quaternary nitrogens is 1. The first-order chi connectivity index (χ1) is 15.7. The molecule has 162 valence electrons. The van der Waals surface area contributed by atoms with E-state index in [4.69, 9.17) is 0 Å². The van der Waals surface area contributed by atoms with Crippen LogP contribution in [0.2, 0.25) is 0 Å². The second-order valence-electron chi connectivity index (χ2n) is 8.57. The number of nitrogens with one attached hydrogen (secondary N) is 2. The quantitative estimate of drug-likeness (QED) is 0.515. The van der Waals surface area contributed by atoms with Gasteiger partial charge in [-0.05, 0) is 30.3 Å². The van der Waals surface area contributed by atoms with Crippen LogP contribution in [-0.4, -0.2) is 36.7 Å². The number of para-hydroxylation sites is 1. The third kappa shape index (κ3) is 4.25. The second-order valence-corrected chi connectivity index (χ2v) is 8.57. The van der Waals surface area contributed by atoms with Crippen molar-refractivity contribution in [3.63, 3.8) is 0 Å². The lowest BCUT2D eigenvalue weighted by Gasteiger charge is -2.33. The molecule has 5 rings (SSSR count). The number of aryl methyl sites for hydroxylation is 1. The number of anilines is 2. The number of hydrogen-bond donors (Lipinski definition) is 2. The Bertz CT molecular complexity index is 1210. The lowest BCUT2D eigenvalue weighted by molar-refractivity contribution is -0.914. The molecule has 1 saturated heterocycles. The number of carbonyl (C=O) groups is 1. The van der Waals surface area contributed by atoms with Crippen LogP contribution in [-0.2, 0) is 13.6 Å². The molecule has 1 amide bonds. The summed E-state index contributed by atoms with van der Waals surface area (Å²) in [7, 11) is 1.97. The van der Waals surface area contributed by atoms with Gasteiger partial charge in [0.15, 0.2) is 0 Å². The standard InChI is InChI=1S/C27H28N4O/c1-29-20-25(24-9-5-6-10-26(24)29)27(32)28-22-11-13-23(14-12-22)31-17-15-30(16-18-31)19-21-7-3-2-4-8-21/h2-14,20H,15-19H2,1H3,(H,28,32)/p+1. The molecule has 2 heterocycles. The van der Waals surface area contributed by atoms with Crippen LogP contribution in [0.4, 0.5) is 11.4 Å². The third-order valence-electron chi connectivity index (χ3n) is 6.40. The molecule has 0 unspecified atom stereocenters. The lowest BCUT2D eigenvalue weighted by Crippen LogP contribution is -3.13. The maximum Gasteiger partial charge on any atom is 0.257 e. The zero-order valence-electron chi connectivity index (χ0n) is 18.4. The predicted octanol–water partition coefficient (Wildman–Crippen LogP) is 3.34. The topological polar surface area (TPSA) is 41.7 Å². The van der Waals surface area contributed by atoms with E-state index in [0.29, 0.717) is 5.56 Å². The summed E-state index contributed by atoms with van der Waals surface area (Å²) in [5, 5.41) is 4.03. The molecular formula is C27H29N4O+. The van der Waals surface area contributed by atoms with Crippen molar-refractivity contribution in [2.75, 3.05) is 36.4 Å². The van der Waals surface area contributed by atoms with E-state index in [1.54, 1.807) is 4.90 Å². The van der Waals surface area contributed by atoms with Gasteiger partial charge in [-0.2, -0.15) is 0 Å². The van der Waals surface area contributed by atoms with E-state index in [1.807, 2.05) is 54.2 Å². The van der Waals surface area contributed by atoms with Crippen LogP contribution in [0.3, 0.4) is 0 Å². The summed E-state index contributed by atoms with van der Waals surface area (Å²) < 4.78 is 1.99. The molecule has 1 aliphatic rings. The van der Waals surface area contributed by atoms with Crippen LogP contribution < -0.4 is 15.1 Å². The van der Waals surface area contributed by atoms with Gasteiger partial charge in [0.2, 0.25) is 0 Å². The normalized spacial score (nSPS) is 14.6. The first-order valence-electron chi connectivity index (χ1n) is 11.3. The van der Waals surface area contributed by atoms with E-state index in [-0.39, 0.29) is 5.91 Å². The monoisotopic (exact) mass is 425 g/mol. The molecule has 4 aromatic rings. The van der Waals surface area contributed by atoms with Crippen molar-refractivity contribution in [1.82, 2.24) is 4.57 Å². The molecular weight excluding hydrogens is 396 g/mol. The predicted molar refractivity (Wildman–Crippen MR) is 130 cm³/mol. The van der Waals surface area contributed by atoms with Crippen LogP contribution in [0, 0.1) is 0 Å². The Hall–Kier alpha value is -3.57. The summed E-state index contributed by atoms with van der Waals surface area (Å²) in [5.41, 5.74) is 5.19. The van der Waals surface area contributed by atoms with Gasteiger partial charge in [0.1, 0.15) is 6.54 Å². The highest BCUT2D eigenvalue weighted by Gasteiger charge is 2.20. The fourth-order valence-electron chi connectivity index (χ4n) is 4.62. The van der Waals surface area contributed by atoms with Crippen LogP contribution in [0.5, 0.6) is 0 Å². The van der Waals surface area contributed by atoms with E-state index < -0.39 is 0 Å². The Kier molecular flexibility index (Phi) is 5.65. The van der Waals surface area contributed by atoms with Gasteiger partial charge in [0, 0.05) is 41.1 Å². The fourth-order valence-corrected chi connectivity index (χ4v) is 4.62. The number of benzene rings is 3. The number of hydrogen-bond acceptors (Lipinski definition) is 2. The van der Waals surface area contributed by atoms with Crippen molar-refractivity contribution in [2.24, 2.45) is 7.05 Å². The highest BCUT2D eigenvalue weighted by molar-refractivity contribution is 6.13. The molecule has 3 aromatic carbocycles. The number of carbonyl (C=O) groups excluding carboxylic acids is 1.